The van der Waals surface area contributed by atoms with Gasteiger partial charge in [0.1, 0.15) is 5.82 Å². The summed E-state index contributed by atoms with van der Waals surface area (Å²) in [5, 5.41) is 0. The Morgan fingerprint density at radius 3 is 3.00 bits per heavy atom. The Labute approximate surface area is 134 Å². The molecule has 1 unspecified atom stereocenters. The van der Waals surface area contributed by atoms with Gasteiger partial charge in [0.15, 0.2) is 0 Å². The summed E-state index contributed by atoms with van der Waals surface area (Å²) in [4.78, 5) is 34.7. The van der Waals surface area contributed by atoms with E-state index in [2.05, 4.69) is 9.97 Å². The average Bonchev–Trinajstić information content (AvgIpc) is 3.03. The van der Waals surface area contributed by atoms with Gasteiger partial charge in [-0.2, -0.15) is 0 Å². The molecule has 3 rings (SSSR count). The molecule has 0 radical (unpaired) electrons. The topological polar surface area (TPSA) is 68.1 Å². The maximum Gasteiger partial charge on any atom is 0.250 e. The van der Waals surface area contributed by atoms with Crippen molar-refractivity contribution in [1.29, 1.82) is 0 Å². The standard InChI is InChI=1S/C17H20N4O2/c1-13-18-9-7-14(19-13)15-5-4-11-21(15)17(23)8-12-20-10-3-2-6-16(20)22/h2-3,6-7,9-10,15H,4-5,8,11-12H2,1H3. The fourth-order valence-electron chi connectivity index (χ4n) is 3.04. The molecule has 1 fully saturated rings. The minimum Gasteiger partial charge on any atom is -0.334 e. The van der Waals surface area contributed by atoms with Gasteiger partial charge >= 0.3 is 0 Å². The summed E-state index contributed by atoms with van der Waals surface area (Å²) in [6.45, 7) is 3.01. The van der Waals surface area contributed by atoms with Crippen LogP contribution in [0, 0.1) is 6.92 Å². The molecule has 1 aliphatic heterocycles. The Morgan fingerprint density at radius 2 is 2.22 bits per heavy atom. The number of carbonyl (C=O) groups excluding carboxylic acids is 1. The molecule has 1 amide bonds. The highest BCUT2D eigenvalue weighted by Crippen LogP contribution is 2.31. The molecule has 1 aliphatic rings. The van der Waals surface area contributed by atoms with Gasteiger partial charge in [-0.05, 0) is 31.9 Å². The van der Waals surface area contributed by atoms with Crippen molar-refractivity contribution < 1.29 is 4.79 Å². The van der Waals surface area contributed by atoms with E-state index in [0.29, 0.717) is 13.0 Å². The van der Waals surface area contributed by atoms with Crippen molar-refractivity contribution in [3.8, 4) is 0 Å². The van der Waals surface area contributed by atoms with E-state index in [1.807, 2.05) is 17.9 Å². The zero-order chi connectivity index (χ0) is 16.2. The van der Waals surface area contributed by atoms with E-state index in [9.17, 15) is 9.59 Å². The predicted molar refractivity (Wildman–Crippen MR) is 85.8 cm³/mol. The minimum atomic E-state index is -0.0790. The van der Waals surface area contributed by atoms with Crippen molar-refractivity contribution in [2.75, 3.05) is 6.54 Å². The first-order valence-corrected chi connectivity index (χ1v) is 7.89. The third kappa shape index (κ3) is 3.47. The molecule has 0 bridgehead atoms. The minimum absolute atomic E-state index is 0.0247. The summed E-state index contributed by atoms with van der Waals surface area (Å²) in [5.74, 6) is 0.789. The third-order valence-electron chi connectivity index (χ3n) is 4.18. The Morgan fingerprint density at radius 1 is 1.35 bits per heavy atom. The number of carbonyl (C=O) groups is 1. The second-order valence-corrected chi connectivity index (χ2v) is 5.76. The van der Waals surface area contributed by atoms with Crippen LogP contribution < -0.4 is 5.56 Å². The molecule has 3 heterocycles. The van der Waals surface area contributed by atoms with Gasteiger partial charge in [-0.25, -0.2) is 9.97 Å². The second kappa shape index (κ2) is 6.73. The lowest BCUT2D eigenvalue weighted by molar-refractivity contribution is -0.132. The first kappa shape index (κ1) is 15.4. The number of pyridine rings is 1. The van der Waals surface area contributed by atoms with Crippen molar-refractivity contribution in [1.82, 2.24) is 19.4 Å². The van der Waals surface area contributed by atoms with Gasteiger partial charge in [0.2, 0.25) is 5.91 Å². The Hall–Kier alpha value is -2.50. The highest BCUT2D eigenvalue weighted by molar-refractivity contribution is 5.76. The number of aryl methyl sites for hydroxylation is 2. The largest absolute Gasteiger partial charge is 0.334 e. The summed E-state index contributed by atoms with van der Waals surface area (Å²) in [6.07, 6.45) is 5.68. The first-order valence-electron chi connectivity index (χ1n) is 7.89. The van der Waals surface area contributed by atoms with Gasteiger partial charge in [-0.3, -0.25) is 9.59 Å². The Bertz CT molecular complexity index is 756. The molecule has 23 heavy (non-hydrogen) atoms. The van der Waals surface area contributed by atoms with Gasteiger partial charge < -0.3 is 9.47 Å². The molecular formula is C17H20N4O2. The molecule has 2 aromatic heterocycles. The molecule has 0 N–H and O–H groups in total. The number of aromatic nitrogens is 3. The quantitative estimate of drug-likeness (QED) is 0.862. The summed E-state index contributed by atoms with van der Waals surface area (Å²) in [7, 11) is 0. The van der Waals surface area contributed by atoms with E-state index in [1.165, 1.54) is 6.07 Å². The van der Waals surface area contributed by atoms with E-state index in [4.69, 9.17) is 0 Å². The van der Waals surface area contributed by atoms with Crippen LogP contribution in [0.1, 0.15) is 36.8 Å². The van der Waals surface area contributed by atoms with Crippen LogP contribution in [0.5, 0.6) is 0 Å². The molecule has 2 aromatic rings. The van der Waals surface area contributed by atoms with Crippen LogP contribution in [0.15, 0.2) is 41.5 Å². The van der Waals surface area contributed by atoms with Crippen molar-refractivity contribution in [3.63, 3.8) is 0 Å². The molecule has 0 aliphatic carbocycles. The Balaban J connectivity index is 1.69. The van der Waals surface area contributed by atoms with E-state index in [-0.39, 0.29) is 17.5 Å². The van der Waals surface area contributed by atoms with E-state index >= 15 is 0 Å². The number of nitrogens with zero attached hydrogens (tertiary/aromatic N) is 4. The van der Waals surface area contributed by atoms with Crippen LogP contribution in [0.2, 0.25) is 0 Å². The van der Waals surface area contributed by atoms with Crippen LogP contribution in [0.4, 0.5) is 0 Å². The van der Waals surface area contributed by atoms with Gasteiger partial charge in [-0.15, -0.1) is 0 Å². The van der Waals surface area contributed by atoms with Crippen LogP contribution in [-0.4, -0.2) is 31.9 Å². The molecule has 0 spiro atoms. The fourth-order valence-corrected chi connectivity index (χ4v) is 3.04. The van der Waals surface area contributed by atoms with E-state index < -0.39 is 0 Å². The lowest BCUT2D eigenvalue weighted by Crippen LogP contribution is -2.32. The maximum atomic E-state index is 12.6. The van der Waals surface area contributed by atoms with Crippen molar-refractivity contribution in [2.45, 2.75) is 38.8 Å². The second-order valence-electron chi connectivity index (χ2n) is 5.76. The number of likely N-dealkylation sites (tertiary alicyclic amines) is 1. The fraction of sp³-hybridized carbons (Fsp3) is 0.412. The molecule has 0 aromatic carbocycles. The summed E-state index contributed by atoms with van der Waals surface area (Å²) in [6, 6.07) is 6.91. The highest BCUT2D eigenvalue weighted by Gasteiger charge is 2.30. The molecule has 0 saturated carbocycles. The van der Waals surface area contributed by atoms with Gasteiger partial charge in [0.05, 0.1) is 11.7 Å². The molecule has 1 saturated heterocycles. The van der Waals surface area contributed by atoms with Crippen molar-refractivity contribution in [3.05, 3.63) is 58.5 Å². The summed E-state index contributed by atoms with van der Waals surface area (Å²) >= 11 is 0. The highest BCUT2D eigenvalue weighted by atomic mass is 16.2. The molecule has 6 heteroatoms. The van der Waals surface area contributed by atoms with Gasteiger partial charge in [0.25, 0.3) is 5.56 Å². The maximum absolute atomic E-state index is 12.6. The Kier molecular flexibility index (Phi) is 4.50. The monoisotopic (exact) mass is 312 g/mol. The van der Waals surface area contributed by atoms with E-state index in [1.54, 1.807) is 29.1 Å². The predicted octanol–water partition coefficient (Wildman–Crippen LogP) is 1.70. The molecule has 1 atom stereocenters. The van der Waals surface area contributed by atoms with E-state index in [0.717, 1.165) is 30.9 Å². The van der Waals surface area contributed by atoms with Crippen LogP contribution >= 0.6 is 0 Å². The lowest BCUT2D eigenvalue weighted by Gasteiger charge is -2.24. The third-order valence-corrected chi connectivity index (χ3v) is 4.18. The zero-order valence-corrected chi connectivity index (χ0v) is 13.2. The van der Waals surface area contributed by atoms with Gasteiger partial charge in [-0.1, -0.05) is 6.07 Å². The zero-order valence-electron chi connectivity index (χ0n) is 13.2. The van der Waals surface area contributed by atoms with Crippen molar-refractivity contribution in [2.24, 2.45) is 0 Å². The smallest absolute Gasteiger partial charge is 0.250 e. The normalized spacial score (nSPS) is 17.4. The van der Waals surface area contributed by atoms with Crippen LogP contribution in [0.3, 0.4) is 0 Å². The average molecular weight is 312 g/mol. The number of rotatable bonds is 4. The lowest BCUT2D eigenvalue weighted by atomic mass is 10.1. The first-order chi connectivity index (χ1) is 11.1. The van der Waals surface area contributed by atoms with Gasteiger partial charge in [0, 0.05) is 38.0 Å². The molecule has 120 valence electrons. The summed E-state index contributed by atoms with van der Waals surface area (Å²) < 4.78 is 1.57. The molecule has 6 nitrogen and oxygen atoms in total. The molecular weight excluding hydrogens is 292 g/mol. The number of amides is 1. The SMILES string of the molecule is Cc1nccc(C2CCCN2C(=O)CCn2ccccc2=O)n1. The number of hydrogen-bond donors (Lipinski definition) is 0. The van der Waals surface area contributed by atoms with Crippen LogP contribution in [-0.2, 0) is 11.3 Å². The van der Waals surface area contributed by atoms with Crippen LogP contribution in [0.25, 0.3) is 0 Å². The van der Waals surface area contributed by atoms with Crippen molar-refractivity contribution >= 4 is 5.91 Å². The summed E-state index contributed by atoms with van der Waals surface area (Å²) in [5.41, 5.74) is 0.824. The number of hydrogen-bond acceptors (Lipinski definition) is 4.